The molecule has 0 atom stereocenters. The Morgan fingerprint density at radius 2 is 1.95 bits per heavy atom. The minimum absolute atomic E-state index is 0.0459. The highest BCUT2D eigenvalue weighted by Crippen LogP contribution is 2.29. The molecule has 5 heteroatoms. The van der Waals surface area contributed by atoms with Gasteiger partial charge >= 0.3 is 0 Å². The Labute approximate surface area is 134 Å². The zero-order valence-corrected chi connectivity index (χ0v) is 13.3. The van der Waals surface area contributed by atoms with Crippen LogP contribution in [0.1, 0.15) is 18.4 Å². The minimum atomic E-state index is 0.0459. The smallest absolute Gasteiger partial charge is 0.261 e. The summed E-state index contributed by atoms with van der Waals surface area (Å²) < 4.78 is 10.7. The van der Waals surface area contributed by atoms with E-state index in [4.69, 9.17) is 9.47 Å². The average Bonchev–Trinajstić information content (AvgIpc) is 3.27. The highest BCUT2D eigenvalue weighted by atomic mass is 32.1. The molecule has 1 aliphatic carbocycles. The summed E-state index contributed by atoms with van der Waals surface area (Å²) in [6.45, 7) is 0.756. The molecule has 1 aromatic heterocycles. The zero-order chi connectivity index (χ0) is 15.4. The fraction of sp³-hybridized carbons (Fsp3) is 0.353. The van der Waals surface area contributed by atoms with Gasteiger partial charge in [0.15, 0.2) is 6.61 Å². The number of benzene rings is 1. The number of methoxy groups -OCH3 is 1. The van der Waals surface area contributed by atoms with Crippen LogP contribution in [-0.4, -0.2) is 30.6 Å². The molecule has 1 heterocycles. The highest BCUT2D eigenvalue weighted by Gasteiger charge is 2.32. The molecule has 1 amide bonds. The Hall–Kier alpha value is -2.01. The zero-order valence-electron chi connectivity index (χ0n) is 12.5. The van der Waals surface area contributed by atoms with Crippen LogP contribution in [0.15, 0.2) is 41.1 Å². The van der Waals surface area contributed by atoms with Crippen molar-refractivity contribution in [2.75, 3.05) is 13.7 Å². The fourth-order valence-corrected chi connectivity index (χ4v) is 2.95. The third-order valence-electron chi connectivity index (χ3n) is 3.66. The highest BCUT2D eigenvalue weighted by molar-refractivity contribution is 7.07. The summed E-state index contributed by atoms with van der Waals surface area (Å²) in [5.74, 6) is 1.50. The first kappa shape index (κ1) is 14.9. The molecule has 0 bridgehead atoms. The van der Waals surface area contributed by atoms with E-state index in [1.54, 1.807) is 18.4 Å². The summed E-state index contributed by atoms with van der Waals surface area (Å²) >= 11 is 1.66. The molecule has 0 saturated heterocycles. The molecular formula is C17H19NO3S. The normalized spacial score (nSPS) is 13.7. The predicted molar refractivity (Wildman–Crippen MR) is 86.4 cm³/mol. The van der Waals surface area contributed by atoms with E-state index < -0.39 is 0 Å². The van der Waals surface area contributed by atoms with Crippen LogP contribution in [0, 0.1) is 0 Å². The summed E-state index contributed by atoms with van der Waals surface area (Å²) in [5.41, 5.74) is 1.19. The maximum atomic E-state index is 12.4. The van der Waals surface area contributed by atoms with Crippen molar-refractivity contribution in [2.24, 2.45) is 0 Å². The van der Waals surface area contributed by atoms with Gasteiger partial charge in [0.25, 0.3) is 5.91 Å². The number of nitrogens with zero attached hydrogens (tertiary/aromatic N) is 1. The van der Waals surface area contributed by atoms with E-state index in [9.17, 15) is 4.79 Å². The molecule has 1 aliphatic rings. The second-order valence-corrected chi connectivity index (χ2v) is 6.13. The van der Waals surface area contributed by atoms with E-state index in [0.29, 0.717) is 18.3 Å². The van der Waals surface area contributed by atoms with Gasteiger partial charge in [-0.05, 0) is 59.5 Å². The first-order chi connectivity index (χ1) is 10.8. The Morgan fingerprint density at radius 3 is 2.55 bits per heavy atom. The molecule has 0 spiro atoms. The number of ether oxygens (including phenoxy) is 2. The summed E-state index contributed by atoms with van der Waals surface area (Å²) in [6.07, 6.45) is 2.19. The van der Waals surface area contributed by atoms with E-state index >= 15 is 0 Å². The second-order valence-electron chi connectivity index (χ2n) is 5.35. The maximum absolute atomic E-state index is 12.4. The van der Waals surface area contributed by atoms with Gasteiger partial charge in [-0.2, -0.15) is 11.3 Å². The number of hydrogen-bond donors (Lipinski definition) is 0. The van der Waals surface area contributed by atoms with Gasteiger partial charge in [-0.25, -0.2) is 0 Å². The van der Waals surface area contributed by atoms with Crippen LogP contribution in [0.4, 0.5) is 0 Å². The third-order valence-corrected chi connectivity index (χ3v) is 4.39. The van der Waals surface area contributed by atoms with Crippen LogP contribution < -0.4 is 9.47 Å². The van der Waals surface area contributed by atoms with Crippen LogP contribution in [-0.2, 0) is 11.3 Å². The van der Waals surface area contributed by atoms with E-state index in [2.05, 4.69) is 11.4 Å². The van der Waals surface area contributed by atoms with Crippen molar-refractivity contribution in [3.63, 3.8) is 0 Å². The predicted octanol–water partition coefficient (Wildman–Crippen LogP) is 3.33. The molecule has 3 rings (SSSR count). The summed E-state index contributed by atoms with van der Waals surface area (Å²) in [4.78, 5) is 14.4. The van der Waals surface area contributed by atoms with E-state index in [1.165, 1.54) is 5.56 Å². The van der Waals surface area contributed by atoms with Crippen molar-refractivity contribution in [2.45, 2.75) is 25.4 Å². The third kappa shape index (κ3) is 3.80. The van der Waals surface area contributed by atoms with Gasteiger partial charge in [0.2, 0.25) is 0 Å². The number of hydrogen-bond acceptors (Lipinski definition) is 4. The summed E-state index contributed by atoms with van der Waals surface area (Å²) in [6, 6.07) is 9.72. The van der Waals surface area contributed by atoms with Crippen molar-refractivity contribution in [1.29, 1.82) is 0 Å². The van der Waals surface area contributed by atoms with Crippen LogP contribution in [0.25, 0.3) is 0 Å². The van der Waals surface area contributed by atoms with Crippen LogP contribution >= 0.6 is 11.3 Å². The Morgan fingerprint density at radius 1 is 1.23 bits per heavy atom. The summed E-state index contributed by atoms with van der Waals surface area (Å²) in [5, 5.41) is 4.13. The molecule has 0 radical (unpaired) electrons. The monoisotopic (exact) mass is 317 g/mol. The average molecular weight is 317 g/mol. The Bertz CT molecular complexity index is 605. The SMILES string of the molecule is COc1ccc(OCC(=O)N(Cc2ccsc2)C2CC2)cc1. The minimum Gasteiger partial charge on any atom is -0.497 e. The molecule has 116 valence electrons. The van der Waals surface area contributed by atoms with Crippen molar-refractivity contribution >= 4 is 17.2 Å². The van der Waals surface area contributed by atoms with Gasteiger partial charge in [-0.3, -0.25) is 4.79 Å². The number of carbonyl (C=O) groups is 1. The number of rotatable bonds is 7. The number of thiophene rings is 1. The molecule has 0 aliphatic heterocycles. The first-order valence-corrected chi connectivity index (χ1v) is 8.28. The Kier molecular flexibility index (Phi) is 4.63. The molecule has 2 aromatic rings. The van der Waals surface area contributed by atoms with Crippen LogP contribution in [0.5, 0.6) is 11.5 Å². The van der Waals surface area contributed by atoms with E-state index in [1.807, 2.05) is 34.5 Å². The maximum Gasteiger partial charge on any atom is 0.261 e. The molecule has 0 N–H and O–H groups in total. The Balaban J connectivity index is 1.56. The first-order valence-electron chi connectivity index (χ1n) is 7.33. The number of carbonyl (C=O) groups excluding carboxylic acids is 1. The lowest BCUT2D eigenvalue weighted by atomic mass is 10.3. The molecule has 1 fully saturated rings. The van der Waals surface area contributed by atoms with Gasteiger partial charge in [-0.15, -0.1) is 0 Å². The molecule has 1 aromatic carbocycles. The quantitative estimate of drug-likeness (QED) is 0.786. The molecule has 22 heavy (non-hydrogen) atoms. The van der Waals surface area contributed by atoms with Gasteiger partial charge in [0.05, 0.1) is 7.11 Å². The van der Waals surface area contributed by atoms with E-state index in [0.717, 1.165) is 18.6 Å². The molecule has 0 unspecified atom stereocenters. The van der Waals surface area contributed by atoms with Crippen molar-refractivity contribution in [1.82, 2.24) is 4.90 Å². The molecule has 1 saturated carbocycles. The van der Waals surface area contributed by atoms with Crippen molar-refractivity contribution in [3.05, 3.63) is 46.7 Å². The lowest BCUT2D eigenvalue weighted by Crippen LogP contribution is -2.36. The second kappa shape index (κ2) is 6.83. The molecule has 4 nitrogen and oxygen atoms in total. The van der Waals surface area contributed by atoms with Gasteiger partial charge < -0.3 is 14.4 Å². The fourth-order valence-electron chi connectivity index (χ4n) is 2.29. The largest absolute Gasteiger partial charge is 0.497 e. The van der Waals surface area contributed by atoms with Crippen molar-refractivity contribution in [3.8, 4) is 11.5 Å². The van der Waals surface area contributed by atoms with Gasteiger partial charge in [0, 0.05) is 12.6 Å². The summed E-state index contributed by atoms with van der Waals surface area (Å²) in [7, 11) is 1.62. The molecular weight excluding hydrogens is 298 g/mol. The topological polar surface area (TPSA) is 38.8 Å². The van der Waals surface area contributed by atoms with Crippen molar-refractivity contribution < 1.29 is 14.3 Å². The lowest BCUT2D eigenvalue weighted by Gasteiger charge is -2.22. The number of amides is 1. The van der Waals surface area contributed by atoms with Crippen LogP contribution in [0.2, 0.25) is 0 Å². The van der Waals surface area contributed by atoms with Gasteiger partial charge in [-0.1, -0.05) is 0 Å². The van der Waals surface area contributed by atoms with Crippen LogP contribution in [0.3, 0.4) is 0 Å². The lowest BCUT2D eigenvalue weighted by molar-refractivity contribution is -0.134. The standard InChI is InChI=1S/C17H19NO3S/c1-20-15-4-6-16(7-5-15)21-11-17(19)18(14-2-3-14)10-13-8-9-22-12-13/h4-9,12,14H,2-3,10-11H2,1H3. The van der Waals surface area contributed by atoms with Gasteiger partial charge in [0.1, 0.15) is 11.5 Å². The van der Waals surface area contributed by atoms with E-state index in [-0.39, 0.29) is 12.5 Å².